The topological polar surface area (TPSA) is 352 Å². The van der Waals surface area contributed by atoms with E-state index in [1.54, 1.807) is 62.0 Å². The summed E-state index contributed by atoms with van der Waals surface area (Å²) >= 11 is 0. The molecule has 5 aliphatic heterocycles. The number of hydrogen-bond donors (Lipinski definition) is 5. The molecule has 10 aromatic carbocycles. The van der Waals surface area contributed by atoms with Crippen molar-refractivity contribution in [2.24, 2.45) is 0 Å². The molecular weight excluding hydrogens is 1800 g/mol. The van der Waals surface area contributed by atoms with Crippen molar-refractivity contribution in [3.05, 3.63) is 508 Å². The van der Waals surface area contributed by atoms with Crippen LogP contribution in [-0.2, 0) is 32.7 Å². The number of pyridine rings is 2. The molecule has 6 atom stereocenters. The molecule has 29 nitrogen and oxygen atoms in total. The maximum Gasteiger partial charge on any atom is 0.242 e. The largest absolute Gasteiger partial charge is 0.503 e. The quantitative estimate of drug-likeness (QED) is 0.0636. The standard InChI is InChI=1S/C24H21N3O2.C23H19FN4O2.C23H19N3O2.C22H18N4O2.C21H17N5O2/c1-16-14-25-24-22-23(29)20(28)12-13-26(22)19(15-27(16)24)21(17-8-4-2-5-9-17)18-10-6-3-7-11-18;1-14-4-2-5-15(10-14)20(16-6-3-7-17(24)11-16)18-13-27-9-8-25-23(27)21-22(30)19(29)12-26-28(18)21;27-19-11-13-26-18(15-25-14-12-24-23(25)21(26)22(19)28)20(16-7-3-1-4-8-16)17-9-5-2-6-10-17;27-18-13-24-26-17(14-25-12-11-23-22(25)20(26)21(18)28)19(15-7-3-1-4-8-15)16-9-5-2-6-10-16;27-17-11-23-26-16(12-25-21(22-13-24-25)19(26)20(17)28)18(14-7-3-1-4-8-14)15-9-5-2-6-10-15/h2-14,19,21,29H,15H2,1H3;2-12,18,20,30H,13H2,1H3;1-14,18,20,28H,15H2;1-13,17,19,28H,14H2;1-11,13,16,18,28H,12H2/t19-;;18-;;/m1.1../s1. The zero-order valence-electron chi connectivity index (χ0n) is 77.3. The van der Waals surface area contributed by atoms with Crippen molar-refractivity contribution in [1.82, 2.24) is 91.4 Å². The van der Waals surface area contributed by atoms with Gasteiger partial charge in [-0.2, -0.15) is 20.4 Å². The maximum atomic E-state index is 14.2. The summed E-state index contributed by atoms with van der Waals surface area (Å²) in [7, 11) is 0. The Labute approximate surface area is 817 Å². The average molecular weight is 1900 g/mol. The molecule has 10 aromatic heterocycles. The van der Waals surface area contributed by atoms with Gasteiger partial charge in [0.2, 0.25) is 27.1 Å². The van der Waals surface area contributed by atoms with Gasteiger partial charge in [-0.1, -0.05) is 285 Å². The van der Waals surface area contributed by atoms with E-state index in [-0.39, 0.29) is 105 Å². The number of aryl methyl sites for hydroxylation is 2. The van der Waals surface area contributed by atoms with Gasteiger partial charge in [0.25, 0.3) is 0 Å². The smallest absolute Gasteiger partial charge is 0.242 e. The molecule has 0 aliphatic carbocycles. The lowest BCUT2D eigenvalue weighted by Crippen LogP contribution is -2.33. The minimum absolute atomic E-state index is 0.00824. The van der Waals surface area contributed by atoms with E-state index in [1.165, 1.54) is 59.0 Å². The summed E-state index contributed by atoms with van der Waals surface area (Å²) in [6.07, 6.45) is 20.8. The number of aromatic hydroxyl groups is 5. The Balaban J connectivity index is 0.000000106. The predicted octanol–water partition coefficient (Wildman–Crippen LogP) is 17.4. The summed E-state index contributed by atoms with van der Waals surface area (Å²) in [6.45, 7) is 7.06. The lowest BCUT2D eigenvalue weighted by Gasteiger charge is -2.36. The molecular formula is C113H94FN19O10. The molecule has 708 valence electrons. The third-order valence-electron chi connectivity index (χ3n) is 27.4. The Kier molecular flexibility index (Phi) is 25.0. The van der Waals surface area contributed by atoms with Gasteiger partial charge >= 0.3 is 0 Å². The van der Waals surface area contributed by atoms with Gasteiger partial charge < -0.3 is 52.9 Å². The zero-order valence-corrected chi connectivity index (χ0v) is 77.3. The normalized spacial score (nSPS) is 15.4. The van der Waals surface area contributed by atoms with Crippen molar-refractivity contribution in [2.75, 3.05) is 0 Å². The zero-order chi connectivity index (χ0) is 98.0. The Bertz CT molecular complexity index is 7680. The monoisotopic (exact) mass is 1900 g/mol. The highest BCUT2D eigenvalue weighted by atomic mass is 19.1. The van der Waals surface area contributed by atoms with Crippen molar-refractivity contribution in [2.45, 2.75) is 106 Å². The van der Waals surface area contributed by atoms with Crippen LogP contribution in [0.4, 0.5) is 4.39 Å². The van der Waals surface area contributed by atoms with E-state index in [0.717, 1.165) is 57.0 Å². The highest BCUT2D eigenvalue weighted by Crippen LogP contribution is 2.50. The second-order valence-corrected chi connectivity index (χ2v) is 35.8. The van der Waals surface area contributed by atoms with Crippen LogP contribution in [0.2, 0.25) is 0 Å². The number of hydrogen-bond acceptors (Lipinski definition) is 19. The molecule has 15 heterocycles. The Morgan fingerprint density at radius 3 is 0.965 bits per heavy atom. The number of halogens is 1. The van der Waals surface area contributed by atoms with Crippen molar-refractivity contribution >= 4 is 0 Å². The molecule has 5 aliphatic rings. The summed E-state index contributed by atoms with van der Waals surface area (Å²) in [5.41, 5.74) is 12.7. The number of nitrogens with zero attached hydrogens (tertiary/aromatic N) is 19. The number of fused-ring (bicyclic) bond motifs is 15. The molecule has 5 N–H and O–H groups in total. The molecule has 25 rings (SSSR count). The van der Waals surface area contributed by atoms with Gasteiger partial charge in [0.15, 0.2) is 63.6 Å². The third-order valence-corrected chi connectivity index (χ3v) is 27.4. The van der Waals surface area contributed by atoms with Crippen LogP contribution < -0.4 is 27.1 Å². The third kappa shape index (κ3) is 17.5. The van der Waals surface area contributed by atoms with Crippen molar-refractivity contribution in [1.29, 1.82) is 0 Å². The van der Waals surface area contributed by atoms with E-state index >= 15 is 0 Å². The van der Waals surface area contributed by atoms with Gasteiger partial charge in [0, 0.05) is 129 Å². The van der Waals surface area contributed by atoms with E-state index in [4.69, 9.17) is 0 Å². The van der Waals surface area contributed by atoms with Gasteiger partial charge in [0.05, 0.1) is 55.3 Å². The molecule has 0 amide bonds. The van der Waals surface area contributed by atoms with Gasteiger partial charge in [-0.15, -0.1) is 0 Å². The highest BCUT2D eigenvalue weighted by Gasteiger charge is 2.43. The molecule has 0 fully saturated rings. The first-order valence-electron chi connectivity index (χ1n) is 46.9. The molecule has 0 saturated carbocycles. The Morgan fingerprint density at radius 1 is 0.280 bits per heavy atom. The van der Waals surface area contributed by atoms with E-state index in [9.17, 15) is 53.9 Å². The molecule has 20 aromatic rings. The number of benzene rings is 10. The van der Waals surface area contributed by atoms with Crippen LogP contribution in [-0.4, -0.2) is 117 Å². The first-order valence-corrected chi connectivity index (χ1v) is 46.9. The molecule has 4 unspecified atom stereocenters. The molecule has 30 heteroatoms. The summed E-state index contributed by atoms with van der Waals surface area (Å²) in [5, 5.41) is 70.2. The van der Waals surface area contributed by atoms with E-state index in [2.05, 4.69) is 153 Å². The fourth-order valence-corrected chi connectivity index (χ4v) is 21.0. The predicted molar refractivity (Wildman–Crippen MR) is 537 cm³/mol. The summed E-state index contributed by atoms with van der Waals surface area (Å²) in [5.74, 6) is 0.651. The van der Waals surface area contributed by atoms with Gasteiger partial charge in [0.1, 0.15) is 34.9 Å². The highest BCUT2D eigenvalue weighted by molar-refractivity contribution is 5.66. The number of imidazole rings is 4. The minimum atomic E-state index is -0.561. The fourth-order valence-electron chi connectivity index (χ4n) is 21.0. The molecule has 143 heavy (non-hydrogen) atoms. The Morgan fingerprint density at radius 2 is 0.587 bits per heavy atom. The van der Waals surface area contributed by atoms with E-state index in [0.29, 0.717) is 84.6 Å². The Hall–Kier alpha value is -18.4. The lowest BCUT2D eigenvalue weighted by molar-refractivity contribution is 0.317. The van der Waals surface area contributed by atoms with Crippen molar-refractivity contribution in [3.8, 4) is 86.3 Å². The first-order chi connectivity index (χ1) is 69.9. The van der Waals surface area contributed by atoms with Crippen LogP contribution >= 0.6 is 0 Å². The molecule has 0 radical (unpaired) electrons. The second-order valence-electron chi connectivity index (χ2n) is 35.8. The van der Waals surface area contributed by atoms with Gasteiger partial charge in [-0.3, -0.25) is 38.0 Å². The number of aromatic nitrogens is 19. The lowest BCUT2D eigenvalue weighted by atomic mass is 9.83. The molecule has 0 bridgehead atoms. The molecule has 0 spiro atoms. The summed E-state index contributed by atoms with van der Waals surface area (Å²) in [4.78, 5) is 82.4. The summed E-state index contributed by atoms with van der Waals surface area (Å²) < 4.78 is 33.0. The van der Waals surface area contributed by atoms with Crippen LogP contribution in [0.5, 0.6) is 28.7 Å². The van der Waals surface area contributed by atoms with Crippen LogP contribution in [0.25, 0.3) is 57.6 Å². The average Bonchev–Trinajstić information content (AvgIpc) is 1.73. The molecule has 0 saturated heterocycles. The first kappa shape index (κ1) is 91.1. The van der Waals surface area contributed by atoms with Crippen LogP contribution in [0, 0.1) is 19.7 Å². The number of rotatable bonds is 15. The van der Waals surface area contributed by atoms with Gasteiger partial charge in [-0.05, 0) is 81.6 Å². The van der Waals surface area contributed by atoms with Crippen LogP contribution in [0.3, 0.4) is 0 Å². The second kappa shape index (κ2) is 39.3. The fraction of sp³-hybridized carbons (Fsp3) is 0.150. The maximum absolute atomic E-state index is 14.2. The van der Waals surface area contributed by atoms with Crippen LogP contribution in [0.15, 0.2) is 408 Å². The SMILES string of the molecule is Cc1cccc(C(c2cccc(F)c2)C2Cn3ccnc3-c3c(O)c(=O)cnn32)c1.Cc1cnc2n1C[C@H](C(c1ccccc1)c1ccccc1)n1ccc(=O)c(O)c1-2.O=c1ccn2c(c1O)-c1nccn1C[C@@H]2C(c1ccccc1)c1ccccc1.O=c1cnn2c(c1O)-c1nccn1CC2C(c1ccccc1)c1ccccc1.O=c1cnn2c(c1O)-c1ncnn1CC2C(c1ccccc1)c1ccccc1. The van der Waals surface area contributed by atoms with E-state index < -0.39 is 21.7 Å². The van der Waals surface area contributed by atoms with E-state index in [1.807, 2.05) is 225 Å². The summed E-state index contributed by atoms with van der Waals surface area (Å²) in [6, 6.07) is 99.0. The minimum Gasteiger partial charge on any atom is -0.503 e. The van der Waals surface area contributed by atoms with Crippen molar-refractivity contribution < 1.29 is 29.9 Å². The van der Waals surface area contributed by atoms with Crippen molar-refractivity contribution in [3.63, 3.8) is 0 Å². The van der Waals surface area contributed by atoms with Crippen LogP contribution in [0.1, 0.15) is 127 Å². The van der Waals surface area contributed by atoms with Gasteiger partial charge in [-0.25, -0.2) is 34.0 Å².